The third kappa shape index (κ3) is 8.30. The fourth-order valence-corrected chi connectivity index (χ4v) is 2.49. The molecule has 0 radical (unpaired) electrons. The average molecular weight is 268 g/mol. The summed E-state index contributed by atoms with van der Waals surface area (Å²) in [4.78, 5) is 4.81. The van der Waals surface area contributed by atoms with Crippen LogP contribution in [-0.4, -0.2) is 43.5 Å². The first-order valence-electron chi connectivity index (χ1n) is 7.86. The number of hydrogen-bond acceptors (Lipinski definition) is 2. The molecule has 0 aliphatic rings. The van der Waals surface area contributed by atoms with Gasteiger partial charge < -0.3 is 9.80 Å². The van der Waals surface area contributed by atoms with Gasteiger partial charge in [-0.3, -0.25) is 0 Å². The van der Waals surface area contributed by atoms with Crippen LogP contribution >= 0.6 is 0 Å². The van der Waals surface area contributed by atoms with E-state index >= 15 is 0 Å². The highest BCUT2D eigenvalue weighted by Gasteiger charge is 2.14. The van der Waals surface area contributed by atoms with Crippen molar-refractivity contribution in [2.75, 3.05) is 33.7 Å². The van der Waals surface area contributed by atoms with Crippen LogP contribution in [0.4, 0.5) is 0 Å². The molecule has 0 fully saturated rings. The molecule has 0 aliphatic carbocycles. The van der Waals surface area contributed by atoms with E-state index in [0.717, 1.165) is 18.4 Å². The Balaban J connectivity index is 4.11. The molecule has 0 bridgehead atoms. The van der Waals surface area contributed by atoms with Gasteiger partial charge in [-0.05, 0) is 37.8 Å². The molecule has 0 aromatic heterocycles. The molecule has 0 saturated heterocycles. The van der Waals surface area contributed by atoms with Crippen molar-refractivity contribution in [3.05, 3.63) is 12.3 Å². The minimum absolute atomic E-state index is 0.547. The Bertz CT molecular complexity index is 246. The third-order valence-corrected chi connectivity index (χ3v) is 3.86. The van der Waals surface area contributed by atoms with Gasteiger partial charge in [-0.1, -0.05) is 47.6 Å². The van der Waals surface area contributed by atoms with E-state index < -0.39 is 0 Å². The lowest BCUT2D eigenvalue weighted by Gasteiger charge is -2.30. The summed E-state index contributed by atoms with van der Waals surface area (Å²) in [5.41, 5.74) is 1.26. The lowest BCUT2D eigenvalue weighted by Crippen LogP contribution is -2.30. The first-order chi connectivity index (χ1) is 8.77. The lowest BCUT2D eigenvalue weighted by molar-refractivity contribution is 0.239. The van der Waals surface area contributed by atoms with Gasteiger partial charge >= 0.3 is 0 Å². The SMILES string of the molecule is C=C(C(C)C)N(C)CC(CC)CCN(C)CC(C)C. The fourth-order valence-electron chi connectivity index (χ4n) is 2.49. The molecule has 1 unspecified atom stereocenters. The Morgan fingerprint density at radius 1 is 1.05 bits per heavy atom. The quantitative estimate of drug-likeness (QED) is 0.589. The van der Waals surface area contributed by atoms with Gasteiger partial charge in [-0.15, -0.1) is 0 Å². The van der Waals surface area contributed by atoms with Crippen molar-refractivity contribution < 1.29 is 0 Å². The van der Waals surface area contributed by atoms with Crippen LogP contribution < -0.4 is 0 Å². The first-order valence-corrected chi connectivity index (χ1v) is 7.86. The van der Waals surface area contributed by atoms with Crippen LogP contribution in [0.25, 0.3) is 0 Å². The second kappa shape index (κ2) is 9.41. The smallest absolute Gasteiger partial charge is 0.0200 e. The predicted molar refractivity (Wildman–Crippen MR) is 87.3 cm³/mol. The van der Waals surface area contributed by atoms with Crippen LogP contribution in [0, 0.1) is 17.8 Å². The molecule has 0 saturated carbocycles. The van der Waals surface area contributed by atoms with Gasteiger partial charge in [-0.25, -0.2) is 0 Å². The maximum absolute atomic E-state index is 4.19. The summed E-state index contributed by atoms with van der Waals surface area (Å²) < 4.78 is 0. The summed E-state index contributed by atoms with van der Waals surface area (Å²) in [7, 11) is 4.42. The Labute approximate surface area is 121 Å². The third-order valence-electron chi connectivity index (χ3n) is 3.86. The van der Waals surface area contributed by atoms with Crippen LogP contribution in [0.5, 0.6) is 0 Å². The van der Waals surface area contributed by atoms with Crippen molar-refractivity contribution >= 4 is 0 Å². The van der Waals surface area contributed by atoms with Crippen molar-refractivity contribution in [3.63, 3.8) is 0 Å². The zero-order chi connectivity index (χ0) is 15.0. The highest BCUT2D eigenvalue weighted by molar-refractivity contribution is 4.96. The number of hydrogen-bond donors (Lipinski definition) is 0. The Kier molecular flexibility index (Phi) is 9.16. The highest BCUT2D eigenvalue weighted by Crippen LogP contribution is 2.17. The van der Waals surface area contributed by atoms with E-state index in [2.05, 4.69) is 65.1 Å². The van der Waals surface area contributed by atoms with E-state index in [0.29, 0.717) is 5.92 Å². The van der Waals surface area contributed by atoms with Gasteiger partial charge in [0.1, 0.15) is 0 Å². The summed E-state index contributed by atoms with van der Waals surface area (Å²) in [6, 6.07) is 0. The molecule has 0 spiro atoms. The summed E-state index contributed by atoms with van der Waals surface area (Å²) in [6.07, 6.45) is 2.54. The van der Waals surface area contributed by atoms with E-state index in [9.17, 15) is 0 Å². The van der Waals surface area contributed by atoms with Gasteiger partial charge in [0.25, 0.3) is 0 Å². The summed E-state index contributed by atoms with van der Waals surface area (Å²) in [5.74, 6) is 2.08. The molecule has 19 heavy (non-hydrogen) atoms. The van der Waals surface area contributed by atoms with Crippen LogP contribution in [0.2, 0.25) is 0 Å². The van der Waals surface area contributed by atoms with Crippen LogP contribution in [0.1, 0.15) is 47.5 Å². The normalized spacial score (nSPS) is 13.4. The molecule has 0 N–H and O–H groups in total. The van der Waals surface area contributed by atoms with Gasteiger partial charge in [0, 0.05) is 25.8 Å². The van der Waals surface area contributed by atoms with E-state index in [1.807, 2.05) is 0 Å². The molecule has 0 rings (SSSR count). The molecule has 0 heterocycles. The van der Waals surface area contributed by atoms with Gasteiger partial charge in [0.15, 0.2) is 0 Å². The van der Waals surface area contributed by atoms with Crippen molar-refractivity contribution in [2.24, 2.45) is 17.8 Å². The number of nitrogens with zero attached hydrogens (tertiary/aromatic N) is 2. The number of rotatable bonds is 10. The maximum atomic E-state index is 4.19. The van der Waals surface area contributed by atoms with E-state index in [1.54, 1.807) is 0 Å². The fraction of sp³-hybridized carbons (Fsp3) is 0.882. The second-order valence-corrected chi connectivity index (χ2v) is 6.75. The lowest BCUT2D eigenvalue weighted by atomic mass is 10.00. The number of allylic oxidation sites excluding steroid dienone is 1. The van der Waals surface area contributed by atoms with Crippen molar-refractivity contribution in [1.82, 2.24) is 9.80 Å². The molecular formula is C17H36N2. The maximum Gasteiger partial charge on any atom is 0.0200 e. The summed E-state index contributed by atoms with van der Waals surface area (Å²) in [6.45, 7) is 19.1. The zero-order valence-electron chi connectivity index (χ0n) is 14.4. The van der Waals surface area contributed by atoms with E-state index in [1.165, 1.54) is 31.6 Å². The van der Waals surface area contributed by atoms with Crippen molar-refractivity contribution in [1.29, 1.82) is 0 Å². The summed E-state index contributed by atoms with van der Waals surface area (Å²) in [5, 5.41) is 0. The highest BCUT2D eigenvalue weighted by atomic mass is 15.1. The van der Waals surface area contributed by atoms with Crippen molar-refractivity contribution in [3.8, 4) is 0 Å². The largest absolute Gasteiger partial charge is 0.378 e. The van der Waals surface area contributed by atoms with Crippen LogP contribution in [0.3, 0.4) is 0 Å². The molecule has 1 atom stereocenters. The minimum Gasteiger partial charge on any atom is -0.378 e. The molecule has 114 valence electrons. The minimum atomic E-state index is 0.547. The molecule has 0 aromatic rings. The predicted octanol–water partition coefficient (Wildman–Crippen LogP) is 4.09. The van der Waals surface area contributed by atoms with Gasteiger partial charge in [-0.2, -0.15) is 0 Å². The Hall–Kier alpha value is -0.500. The van der Waals surface area contributed by atoms with Crippen LogP contribution in [-0.2, 0) is 0 Å². The van der Waals surface area contributed by atoms with Crippen LogP contribution in [0.15, 0.2) is 12.3 Å². The monoisotopic (exact) mass is 268 g/mol. The second-order valence-electron chi connectivity index (χ2n) is 6.75. The van der Waals surface area contributed by atoms with Crippen molar-refractivity contribution in [2.45, 2.75) is 47.5 Å². The molecule has 0 aliphatic heterocycles. The molecular weight excluding hydrogens is 232 g/mol. The van der Waals surface area contributed by atoms with Gasteiger partial charge in [0.2, 0.25) is 0 Å². The topological polar surface area (TPSA) is 6.48 Å². The molecule has 0 aromatic carbocycles. The Morgan fingerprint density at radius 3 is 2.05 bits per heavy atom. The van der Waals surface area contributed by atoms with E-state index in [-0.39, 0.29) is 0 Å². The summed E-state index contributed by atoms with van der Waals surface area (Å²) >= 11 is 0. The van der Waals surface area contributed by atoms with Gasteiger partial charge in [0.05, 0.1) is 0 Å². The molecule has 2 heteroatoms. The zero-order valence-corrected chi connectivity index (χ0v) is 14.4. The standard InChI is InChI=1S/C17H36N2/c1-9-17(10-11-18(7)12-14(2)3)13-19(8)16(6)15(4)5/h14-15,17H,6,9-13H2,1-5,7-8H3. The van der Waals surface area contributed by atoms with E-state index in [4.69, 9.17) is 0 Å². The first kappa shape index (κ1) is 18.5. The molecule has 0 amide bonds. The average Bonchev–Trinajstić information content (AvgIpc) is 2.31. The Morgan fingerprint density at radius 2 is 1.63 bits per heavy atom. The molecule has 2 nitrogen and oxygen atoms in total.